The summed E-state index contributed by atoms with van der Waals surface area (Å²) in [4.78, 5) is 13.2. The molecule has 0 aromatic carbocycles. The Morgan fingerprint density at radius 2 is 2.14 bits per heavy atom. The number of ether oxygens (including phenoxy) is 1. The van der Waals surface area contributed by atoms with Crippen molar-refractivity contribution < 1.29 is 9.53 Å². The van der Waals surface area contributed by atoms with E-state index in [0.29, 0.717) is 17.9 Å². The lowest BCUT2D eigenvalue weighted by Crippen LogP contribution is -2.60. The van der Waals surface area contributed by atoms with Crippen molar-refractivity contribution >= 4 is 17.5 Å². The van der Waals surface area contributed by atoms with Crippen molar-refractivity contribution in [2.45, 2.75) is 19.4 Å². The first-order chi connectivity index (χ1) is 6.76. The number of piperidine rings is 2. The fraction of sp³-hybridized carbons (Fsp3) is 0.900. The summed E-state index contributed by atoms with van der Waals surface area (Å²) in [7, 11) is 0. The minimum Gasteiger partial charge on any atom is -0.378 e. The highest BCUT2D eigenvalue weighted by Crippen LogP contribution is 2.42. The zero-order chi connectivity index (χ0) is 10.1. The molecular weight excluding hydrogens is 202 g/mol. The van der Waals surface area contributed by atoms with Crippen molar-refractivity contribution in [3.63, 3.8) is 0 Å². The van der Waals surface area contributed by atoms with Gasteiger partial charge in [-0.3, -0.25) is 4.79 Å². The van der Waals surface area contributed by atoms with E-state index in [1.165, 1.54) is 6.42 Å². The van der Waals surface area contributed by atoms with Gasteiger partial charge in [0.05, 0.1) is 6.10 Å². The van der Waals surface area contributed by atoms with Crippen LogP contribution in [0.3, 0.4) is 0 Å². The van der Waals surface area contributed by atoms with Crippen molar-refractivity contribution in [2.75, 3.05) is 25.6 Å². The normalized spacial score (nSPS) is 35.3. The zero-order valence-electron chi connectivity index (χ0n) is 8.41. The molecule has 0 aromatic rings. The van der Waals surface area contributed by atoms with Crippen LogP contribution in [0.5, 0.6) is 0 Å². The average molecular weight is 218 g/mol. The van der Waals surface area contributed by atoms with Crippen LogP contribution in [-0.2, 0) is 9.53 Å². The van der Waals surface area contributed by atoms with E-state index in [9.17, 15) is 4.79 Å². The van der Waals surface area contributed by atoms with Crippen molar-refractivity contribution in [1.82, 2.24) is 4.90 Å². The van der Waals surface area contributed by atoms with Crippen LogP contribution in [0.1, 0.15) is 13.3 Å². The van der Waals surface area contributed by atoms with Gasteiger partial charge in [0.2, 0.25) is 5.91 Å². The fourth-order valence-corrected chi connectivity index (χ4v) is 2.77. The third-order valence-corrected chi connectivity index (χ3v) is 3.50. The predicted octanol–water partition coefficient (Wildman–Crippen LogP) is 1.11. The van der Waals surface area contributed by atoms with Gasteiger partial charge in [-0.25, -0.2) is 0 Å². The van der Waals surface area contributed by atoms with Crippen LogP contribution in [-0.4, -0.2) is 42.5 Å². The molecule has 4 heteroatoms. The highest BCUT2D eigenvalue weighted by Gasteiger charge is 2.48. The van der Waals surface area contributed by atoms with Crippen LogP contribution in [0.25, 0.3) is 0 Å². The van der Waals surface area contributed by atoms with Crippen LogP contribution in [0.4, 0.5) is 0 Å². The zero-order valence-corrected chi connectivity index (χ0v) is 9.17. The highest BCUT2D eigenvalue weighted by atomic mass is 35.5. The van der Waals surface area contributed by atoms with Gasteiger partial charge in [0.15, 0.2) is 0 Å². The molecule has 0 N–H and O–H groups in total. The topological polar surface area (TPSA) is 29.5 Å². The maximum Gasteiger partial charge on any atom is 0.237 e. The van der Waals surface area contributed by atoms with Crippen LogP contribution in [0, 0.1) is 11.8 Å². The second-order valence-electron chi connectivity index (χ2n) is 4.11. The maximum absolute atomic E-state index is 11.4. The summed E-state index contributed by atoms with van der Waals surface area (Å²) >= 11 is 5.52. The van der Waals surface area contributed by atoms with E-state index < -0.39 is 0 Å². The van der Waals surface area contributed by atoms with E-state index in [2.05, 4.69) is 0 Å². The summed E-state index contributed by atoms with van der Waals surface area (Å²) in [5.74, 6) is 1.29. The Hall–Kier alpha value is -0.280. The molecule has 80 valence electrons. The van der Waals surface area contributed by atoms with Crippen molar-refractivity contribution in [3.05, 3.63) is 0 Å². The highest BCUT2D eigenvalue weighted by molar-refractivity contribution is 6.27. The summed E-state index contributed by atoms with van der Waals surface area (Å²) in [5, 5.41) is 0. The average Bonchev–Trinajstić information content (AvgIpc) is 2.24. The number of halogens is 1. The van der Waals surface area contributed by atoms with E-state index >= 15 is 0 Å². The second-order valence-corrected chi connectivity index (χ2v) is 4.38. The summed E-state index contributed by atoms with van der Waals surface area (Å²) in [6, 6.07) is 0. The van der Waals surface area contributed by atoms with Gasteiger partial charge >= 0.3 is 0 Å². The smallest absolute Gasteiger partial charge is 0.237 e. The number of fused-ring (bicyclic) bond motifs is 2. The Bertz CT molecular complexity index is 222. The lowest BCUT2D eigenvalue weighted by atomic mass is 9.68. The molecule has 1 saturated carbocycles. The third kappa shape index (κ3) is 1.63. The summed E-state index contributed by atoms with van der Waals surface area (Å²) in [6.07, 6.45) is 1.62. The Labute approximate surface area is 89.4 Å². The molecule has 2 atom stereocenters. The summed E-state index contributed by atoms with van der Waals surface area (Å²) < 4.78 is 5.64. The van der Waals surface area contributed by atoms with Gasteiger partial charge in [0.1, 0.15) is 5.88 Å². The minimum absolute atomic E-state index is 0.0660. The second kappa shape index (κ2) is 4.07. The van der Waals surface area contributed by atoms with Gasteiger partial charge in [-0.1, -0.05) is 0 Å². The molecule has 0 spiro atoms. The molecule has 2 aliphatic heterocycles. The standard InChI is InChI=1S/C10H16ClNO2/c1-2-14-10-7-3-8(10)6-12(5-7)9(13)4-11/h7-8,10H,2-6H2,1H3/t7-,8-/m0/s1. The number of rotatable bonds is 3. The molecular formula is C10H16ClNO2. The van der Waals surface area contributed by atoms with E-state index in [0.717, 1.165) is 19.7 Å². The fourth-order valence-electron chi connectivity index (χ4n) is 2.60. The predicted molar refractivity (Wildman–Crippen MR) is 54.3 cm³/mol. The van der Waals surface area contributed by atoms with Crippen molar-refractivity contribution in [3.8, 4) is 0 Å². The number of hydrogen-bond donors (Lipinski definition) is 0. The molecule has 0 radical (unpaired) electrons. The first kappa shape index (κ1) is 10.2. The molecule has 3 rings (SSSR count). The molecule has 1 amide bonds. The van der Waals surface area contributed by atoms with Gasteiger partial charge < -0.3 is 9.64 Å². The summed E-state index contributed by atoms with van der Waals surface area (Å²) in [6.45, 7) is 4.48. The van der Waals surface area contributed by atoms with Gasteiger partial charge in [-0.05, 0) is 13.3 Å². The van der Waals surface area contributed by atoms with Gasteiger partial charge in [-0.15, -0.1) is 11.6 Å². The molecule has 2 saturated heterocycles. The molecule has 1 aliphatic carbocycles. The lowest BCUT2D eigenvalue weighted by molar-refractivity contribution is -0.158. The molecule has 2 heterocycles. The largest absolute Gasteiger partial charge is 0.378 e. The maximum atomic E-state index is 11.4. The number of alkyl halides is 1. The number of carbonyl (C=O) groups is 1. The molecule has 3 fully saturated rings. The van der Waals surface area contributed by atoms with Crippen LogP contribution in [0.15, 0.2) is 0 Å². The monoisotopic (exact) mass is 217 g/mol. The Kier molecular flexibility index (Phi) is 2.98. The van der Waals surface area contributed by atoms with Crippen molar-refractivity contribution in [1.29, 1.82) is 0 Å². The first-order valence-corrected chi connectivity index (χ1v) is 5.75. The molecule has 2 bridgehead atoms. The van der Waals surface area contributed by atoms with Crippen LogP contribution in [0.2, 0.25) is 0 Å². The lowest BCUT2D eigenvalue weighted by Gasteiger charge is -2.52. The molecule has 14 heavy (non-hydrogen) atoms. The van der Waals surface area contributed by atoms with Crippen LogP contribution < -0.4 is 0 Å². The number of nitrogens with zero attached hydrogens (tertiary/aromatic N) is 1. The van der Waals surface area contributed by atoms with E-state index in [-0.39, 0.29) is 11.8 Å². The molecule has 0 unspecified atom stereocenters. The molecule has 0 aromatic heterocycles. The molecule has 3 nitrogen and oxygen atoms in total. The number of carbonyl (C=O) groups excluding carboxylic acids is 1. The number of amides is 1. The Morgan fingerprint density at radius 3 is 2.64 bits per heavy atom. The van der Waals surface area contributed by atoms with Crippen molar-refractivity contribution in [2.24, 2.45) is 11.8 Å². The minimum atomic E-state index is 0.0660. The Balaban J connectivity index is 1.88. The SMILES string of the molecule is CCOC1[C@H]2C[C@H]1CN(C(=O)CCl)C2. The van der Waals surface area contributed by atoms with Gasteiger partial charge in [-0.2, -0.15) is 0 Å². The molecule has 3 aliphatic rings. The third-order valence-electron chi connectivity index (χ3n) is 3.27. The van der Waals surface area contributed by atoms with Crippen LogP contribution >= 0.6 is 11.6 Å². The summed E-state index contributed by atoms with van der Waals surface area (Å²) in [5.41, 5.74) is 0. The first-order valence-electron chi connectivity index (χ1n) is 5.21. The van der Waals surface area contributed by atoms with E-state index in [4.69, 9.17) is 16.3 Å². The number of hydrogen-bond acceptors (Lipinski definition) is 2. The van der Waals surface area contributed by atoms with E-state index in [1.807, 2.05) is 11.8 Å². The van der Waals surface area contributed by atoms with Gasteiger partial charge in [0.25, 0.3) is 0 Å². The van der Waals surface area contributed by atoms with Gasteiger partial charge in [0, 0.05) is 31.5 Å². The van der Waals surface area contributed by atoms with E-state index in [1.54, 1.807) is 0 Å². The Morgan fingerprint density at radius 1 is 1.50 bits per heavy atom. The quantitative estimate of drug-likeness (QED) is 0.663.